The predicted octanol–water partition coefficient (Wildman–Crippen LogP) is 3.72. The average Bonchev–Trinajstić information content (AvgIpc) is 2.46. The second kappa shape index (κ2) is 6.34. The molecule has 0 saturated heterocycles. The van der Waals surface area contributed by atoms with Crippen LogP contribution in [-0.4, -0.2) is 12.2 Å². The van der Waals surface area contributed by atoms with E-state index in [0.717, 1.165) is 22.6 Å². The van der Waals surface area contributed by atoms with Gasteiger partial charge in [-0.1, -0.05) is 12.1 Å². The largest absolute Gasteiger partial charge is 0.508 e. The van der Waals surface area contributed by atoms with E-state index >= 15 is 0 Å². The van der Waals surface area contributed by atoms with Crippen molar-refractivity contribution in [2.75, 3.05) is 7.11 Å². The van der Waals surface area contributed by atoms with E-state index in [9.17, 15) is 5.11 Å². The summed E-state index contributed by atoms with van der Waals surface area (Å²) in [6.07, 6.45) is 0. The lowest BCUT2D eigenvalue weighted by atomic mass is 10.2. The maximum atomic E-state index is 9.21. The molecular weight excluding hydrogens is 264 g/mol. The zero-order valence-electron chi connectivity index (χ0n) is 10.6. The summed E-state index contributed by atoms with van der Waals surface area (Å²) >= 11 is 5.89. The number of hydrogen-bond acceptors (Lipinski definition) is 3. The SMILES string of the molecule is COc1ccc(OCc2ccc(O)cc2)c(CCl)c1. The Morgan fingerprint density at radius 2 is 1.84 bits per heavy atom. The Balaban J connectivity index is 2.08. The highest BCUT2D eigenvalue weighted by atomic mass is 35.5. The van der Waals surface area contributed by atoms with Crippen molar-refractivity contribution in [2.45, 2.75) is 12.5 Å². The first-order chi connectivity index (χ1) is 9.22. The van der Waals surface area contributed by atoms with Gasteiger partial charge in [0.1, 0.15) is 23.9 Å². The van der Waals surface area contributed by atoms with Gasteiger partial charge in [0.05, 0.1) is 13.0 Å². The predicted molar refractivity (Wildman–Crippen MR) is 75.0 cm³/mol. The van der Waals surface area contributed by atoms with Gasteiger partial charge in [0.2, 0.25) is 0 Å². The van der Waals surface area contributed by atoms with E-state index in [0.29, 0.717) is 12.5 Å². The van der Waals surface area contributed by atoms with Gasteiger partial charge in [0, 0.05) is 5.56 Å². The minimum absolute atomic E-state index is 0.245. The third-order valence-electron chi connectivity index (χ3n) is 2.74. The molecule has 2 aromatic carbocycles. The van der Waals surface area contributed by atoms with Gasteiger partial charge in [-0.25, -0.2) is 0 Å². The highest BCUT2D eigenvalue weighted by Crippen LogP contribution is 2.26. The molecule has 0 aliphatic carbocycles. The number of hydrogen-bond donors (Lipinski definition) is 1. The van der Waals surface area contributed by atoms with E-state index in [-0.39, 0.29) is 5.75 Å². The van der Waals surface area contributed by atoms with Crippen LogP contribution in [0.3, 0.4) is 0 Å². The van der Waals surface area contributed by atoms with Gasteiger partial charge in [-0.15, -0.1) is 11.6 Å². The molecule has 0 unspecified atom stereocenters. The normalized spacial score (nSPS) is 10.2. The van der Waals surface area contributed by atoms with Gasteiger partial charge in [-0.05, 0) is 35.9 Å². The molecular formula is C15H15ClO3. The number of alkyl halides is 1. The van der Waals surface area contributed by atoms with Crippen molar-refractivity contribution in [3.8, 4) is 17.2 Å². The summed E-state index contributed by atoms with van der Waals surface area (Å²) < 4.78 is 10.9. The lowest BCUT2D eigenvalue weighted by Gasteiger charge is -2.11. The smallest absolute Gasteiger partial charge is 0.124 e. The fourth-order valence-corrected chi connectivity index (χ4v) is 1.89. The third kappa shape index (κ3) is 3.55. The van der Waals surface area contributed by atoms with E-state index in [4.69, 9.17) is 21.1 Å². The monoisotopic (exact) mass is 278 g/mol. The Labute approximate surface area is 117 Å². The average molecular weight is 279 g/mol. The molecule has 0 atom stereocenters. The fourth-order valence-electron chi connectivity index (χ4n) is 1.68. The van der Waals surface area contributed by atoms with Crippen molar-refractivity contribution in [3.05, 3.63) is 53.6 Å². The van der Waals surface area contributed by atoms with Crippen LogP contribution >= 0.6 is 11.6 Å². The molecule has 100 valence electrons. The van der Waals surface area contributed by atoms with Gasteiger partial charge < -0.3 is 14.6 Å². The van der Waals surface area contributed by atoms with Crippen LogP contribution < -0.4 is 9.47 Å². The highest BCUT2D eigenvalue weighted by molar-refractivity contribution is 6.17. The number of aromatic hydroxyl groups is 1. The first-order valence-corrected chi connectivity index (χ1v) is 6.40. The van der Waals surface area contributed by atoms with Crippen LogP contribution in [0.15, 0.2) is 42.5 Å². The van der Waals surface area contributed by atoms with Gasteiger partial charge in [0.25, 0.3) is 0 Å². The molecule has 0 amide bonds. The van der Waals surface area contributed by atoms with Crippen LogP contribution in [0.2, 0.25) is 0 Å². The van der Waals surface area contributed by atoms with Gasteiger partial charge in [-0.2, -0.15) is 0 Å². The first-order valence-electron chi connectivity index (χ1n) is 5.86. The van der Waals surface area contributed by atoms with E-state index in [1.54, 1.807) is 19.2 Å². The molecule has 0 fully saturated rings. The van der Waals surface area contributed by atoms with Crippen LogP contribution in [0.25, 0.3) is 0 Å². The minimum atomic E-state index is 0.245. The molecule has 19 heavy (non-hydrogen) atoms. The lowest BCUT2D eigenvalue weighted by Crippen LogP contribution is -1.98. The molecule has 0 heterocycles. The van der Waals surface area contributed by atoms with Crippen molar-refractivity contribution < 1.29 is 14.6 Å². The number of phenolic OH excluding ortho intramolecular Hbond substituents is 1. The number of benzene rings is 2. The summed E-state index contributed by atoms with van der Waals surface area (Å²) in [6.45, 7) is 0.427. The standard InChI is InChI=1S/C15H15ClO3/c1-18-14-6-7-15(12(8-14)9-16)19-10-11-2-4-13(17)5-3-11/h2-8,17H,9-10H2,1H3. The summed E-state index contributed by atoms with van der Waals surface area (Å²) in [5.41, 5.74) is 1.87. The van der Waals surface area contributed by atoms with E-state index in [2.05, 4.69) is 0 Å². The van der Waals surface area contributed by atoms with E-state index < -0.39 is 0 Å². The van der Waals surface area contributed by atoms with Crippen molar-refractivity contribution in [1.82, 2.24) is 0 Å². The van der Waals surface area contributed by atoms with Gasteiger partial charge >= 0.3 is 0 Å². The van der Waals surface area contributed by atoms with Crippen molar-refractivity contribution in [2.24, 2.45) is 0 Å². The number of halogens is 1. The summed E-state index contributed by atoms with van der Waals surface area (Å²) in [4.78, 5) is 0. The molecule has 0 aromatic heterocycles. The maximum absolute atomic E-state index is 9.21. The summed E-state index contributed by atoms with van der Waals surface area (Å²) in [5, 5.41) is 9.21. The van der Waals surface area contributed by atoms with Crippen molar-refractivity contribution >= 4 is 11.6 Å². The lowest BCUT2D eigenvalue weighted by molar-refractivity contribution is 0.303. The Hall–Kier alpha value is -1.87. The second-order valence-corrected chi connectivity index (χ2v) is 4.33. The molecule has 0 aliphatic heterocycles. The molecule has 0 radical (unpaired) electrons. The second-order valence-electron chi connectivity index (χ2n) is 4.06. The van der Waals surface area contributed by atoms with E-state index in [1.807, 2.05) is 30.3 Å². The molecule has 2 rings (SSSR count). The summed E-state index contributed by atoms with van der Waals surface area (Å²) in [6, 6.07) is 12.4. The Kier molecular flexibility index (Phi) is 4.53. The van der Waals surface area contributed by atoms with Crippen LogP contribution in [-0.2, 0) is 12.5 Å². The van der Waals surface area contributed by atoms with Crippen LogP contribution in [0, 0.1) is 0 Å². The van der Waals surface area contributed by atoms with Gasteiger partial charge in [-0.3, -0.25) is 0 Å². The number of methoxy groups -OCH3 is 1. The van der Waals surface area contributed by atoms with Gasteiger partial charge in [0.15, 0.2) is 0 Å². The minimum Gasteiger partial charge on any atom is -0.508 e. The molecule has 0 bridgehead atoms. The summed E-state index contributed by atoms with van der Waals surface area (Å²) in [5.74, 6) is 2.11. The van der Waals surface area contributed by atoms with Crippen LogP contribution in [0.4, 0.5) is 0 Å². The topological polar surface area (TPSA) is 38.7 Å². The highest BCUT2D eigenvalue weighted by Gasteiger charge is 2.05. The summed E-state index contributed by atoms with van der Waals surface area (Å²) in [7, 11) is 1.62. The van der Waals surface area contributed by atoms with Crippen LogP contribution in [0.5, 0.6) is 17.2 Å². The number of ether oxygens (including phenoxy) is 2. The molecule has 3 nitrogen and oxygen atoms in total. The molecule has 0 aliphatic rings. The number of phenols is 1. The van der Waals surface area contributed by atoms with Crippen molar-refractivity contribution in [1.29, 1.82) is 0 Å². The van der Waals surface area contributed by atoms with Crippen molar-refractivity contribution in [3.63, 3.8) is 0 Å². The molecule has 2 aromatic rings. The molecule has 1 N–H and O–H groups in total. The Bertz CT molecular complexity index is 538. The number of rotatable bonds is 5. The van der Waals surface area contributed by atoms with E-state index in [1.165, 1.54) is 0 Å². The maximum Gasteiger partial charge on any atom is 0.124 e. The van der Waals surface area contributed by atoms with Crippen LogP contribution in [0.1, 0.15) is 11.1 Å². The zero-order chi connectivity index (χ0) is 13.7. The quantitative estimate of drug-likeness (QED) is 0.847. The molecule has 0 spiro atoms. The fraction of sp³-hybridized carbons (Fsp3) is 0.200. The molecule has 0 saturated carbocycles. The Morgan fingerprint density at radius 1 is 1.11 bits per heavy atom. The first kappa shape index (κ1) is 13.6. The third-order valence-corrected chi connectivity index (χ3v) is 3.03. The zero-order valence-corrected chi connectivity index (χ0v) is 11.4. The Morgan fingerprint density at radius 3 is 2.47 bits per heavy atom. The molecule has 4 heteroatoms.